The minimum Gasteiger partial charge on any atom is -0.480 e. The van der Waals surface area contributed by atoms with Crippen molar-refractivity contribution in [3.05, 3.63) is 30.3 Å². The van der Waals surface area contributed by atoms with Crippen LogP contribution in [0.2, 0.25) is 0 Å². The number of nitrogens with zero attached hydrogens (tertiary/aromatic N) is 1. The first-order valence-corrected chi connectivity index (χ1v) is 6.25. The van der Waals surface area contributed by atoms with E-state index < -0.39 is 12.0 Å². The molecular weight excluding hydrogens is 244 g/mol. The number of carbonyl (C=O) groups is 2. The van der Waals surface area contributed by atoms with Crippen LogP contribution in [0.5, 0.6) is 0 Å². The largest absolute Gasteiger partial charge is 0.480 e. The van der Waals surface area contributed by atoms with Gasteiger partial charge in [0.05, 0.1) is 6.04 Å². The van der Waals surface area contributed by atoms with Gasteiger partial charge in [-0.3, -0.25) is 14.5 Å². The Hall–Kier alpha value is -1.88. The van der Waals surface area contributed by atoms with E-state index in [0.717, 1.165) is 0 Å². The highest BCUT2D eigenvalue weighted by Crippen LogP contribution is 2.16. The van der Waals surface area contributed by atoms with Gasteiger partial charge in [-0.2, -0.15) is 0 Å². The Morgan fingerprint density at radius 2 is 1.84 bits per heavy atom. The van der Waals surface area contributed by atoms with Gasteiger partial charge < -0.3 is 10.8 Å². The van der Waals surface area contributed by atoms with E-state index in [2.05, 4.69) is 0 Å². The molecule has 5 heteroatoms. The minimum absolute atomic E-state index is 0.279. The summed E-state index contributed by atoms with van der Waals surface area (Å²) in [5.41, 5.74) is 6.40. The van der Waals surface area contributed by atoms with Gasteiger partial charge in [0.15, 0.2) is 0 Å². The first-order valence-electron chi connectivity index (χ1n) is 6.25. The minimum atomic E-state index is -1.06. The van der Waals surface area contributed by atoms with Crippen LogP contribution in [-0.2, 0) is 9.59 Å². The molecule has 19 heavy (non-hydrogen) atoms. The maximum atomic E-state index is 12.3. The van der Waals surface area contributed by atoms with Crippen molar-refractivity contribution >= 4 is 17.6 Å². The molecule has 1 aromatic carbocycles. The summed E-state index contributed by atoms with van der Waals surface area (Å²) in [6.07, 6.45) is 0.530. The summed E-state index contributed by atoms with van der Waals surface area (Å²) in [5, 5.41) is 8.92. The molecule has 0 fully saturated rings. The van der Waals surface area contributed by atoms with Crippen LogP contribution in [-0.4, -0.2) is 29.6 Å². The highest BCUT2D eigenvalue weighted by molar-refractivity contribution is 6.00. The molecule has 0 heterocycles. The summed E-state index contributed by atoms with van der Waals surface area (Å²) < 4.78 is 0. The number of benzene rings is 1. The number of aliphatic carboxylic acids is 1. The second-order valence-electron chi connectivity index (χ2n) is 4.89. The Kier molecular flexibility index (Phi) is 5.51. The van der Waals surface area contributed by atoms with Gasteiger partial charge >= 0.3 is 5.97 Å². The van der Waals surface area contributed by atoms with Crippen molar-refractivity contribution in [1.82, 2.24) is 0 Å². The molecule has 0 spiro atoms. The lowest BCUT2D eigenvalue weighted by molar-refractivity contribution is -0.136. The summed E-state index contributed by atoms with van der Waals surface area (Å²) in [6, 6.07) is 8.03. The molecule has 1 amide bonds. The number of rotatable bonds is 6. The zero-order chi connectivity index (χ0) is 14.4. The fourth-order valence-corrected chi connectivity index (χ4v) is 1.85. The molecule has 0 radical (unpaired) electrons. The Morgan fingerprint density at radius 1 is 1.26 bits per heavy atom. The van der Waals surface area contributed by atoms with Crippen molar-refractivity contribution < 1.29 is 14.7 Å². The number of carboxylic acids is 1. The van der Waals surface area contributed by atoms with E-state index in [0.29, 0.717) is 12.1 Å². The van der Waals surface area contributed by atoms with E-state index in [1.54, 1.807) is 30.3 Å². The number of anilines is 1. The van der Waals surface area contributed by atoms with Crippen LogP contribution in [0.15, 0.2) is 30.3 Å². The summed E-state index contributed by atoms with van der Waals surface area (Å²) in [7, 11) is 0. The zero-order valence-corrected chi connectivity index (χ0v) is 11.2. The number of hydrogen-bond donors (Lipinski definition) is 2. The van der Waals surface area contributed by atoms with Gasteiger partial charge in [0.2, 0.25) is 5.91 Å². The van der Waals surface area contributed by atoms with Crippen LogP contribution in [0.1, 0.15) is 20.3 Å². The van der Waals surface area contributed by atoms with Crippen LogP contribution in [0.4, 0.5) is 5.69 Å². The summed E-state index contributed by atoms with van der Waals surface area (Å²) in [6.45, 7) is 3.56. The number of amides is 1. The van der Waals surface area contributed by atoms with Gasteiger partial charge in [-0.15, -0.1) is 0 Å². The third-order valence-corrected chi connectivity index (χ3v) is 2.67. The molecular formula is C14H20N2O3. The molecule has 0 aliphatic carbocycles. The molecule has 0 aromatic heterocycles. The molecule has 0 unspecified atom stereocenters. The average Bonchev–Trinajstić information content (AvgIpc) is 2.35. The first kappa shape index (κ1) is 15.2. The third kappa shape index (κ3) is 4.71. The number of nitrogens with two attached hydrogens (primary N) is 1. The van der Waals surface area contributed by atoms with Crippen LogP contribution in [0.3, 0.4) is 0 Å². The third-order valence-electron chi connectivity index (χ3n) is 2.67. The second-order valence-corrected chi connectivity index (χ2v) is 4.89. The standard InChI is InChI=1S/C14H20N2O3/c1-10(2)8-12(15)14(19)16(9-13(17)18)11-6-4-3-5-7-11/h3-7,10,12H,8-9,15H2,1-2H3,(H,17,18)/t12-/m1/s1. The lowest BCUT2D eigenvalue weighted by Gasteiger charge is -2.25. The van der Waals surface area contributed by atoms with Crippen LogP contribution in [0, 0.1) is 5.92 Å². The van der Waals surface area contributed by atoms with E-state index in [9.17, 15) is 9.59 Å². The van der Waals surface area contributed by atoms with Crippen LogP contribution >= 0.6 is 0 Å². The van der Waals surface area contributed by atoms with Crippen LogP contribution in [0.25, 0.3) is 0 Å². The van der Waals surface area contributed by atoms with Crippen molar-refractivity contribution in [2.75, 3.05) is 11.4 Å². The molecule has 1 rings (SSSR count). The molecule has 3 N–H and O–H groups in total. The van der Waals surface area contributed by atoms with Gasteiger partial charge in [0.1, 0.15) is 6.54 Å². The Morgan fingerprint density at radius 3 is 2.32 bits per heavy atom. The average molecular weight is 264 g/mol. The highest BCUT2D eigenvalue weighted by atomic mass is 16.4. The van der Waals surface area contributed by atoms with E-state index in [1.165, 1.54) is 4.90 Å². The Labute approximate surface area is 113 Å². The smallest absolute Gasteiger partial charge is 0.323 e. The van der Waals surface area contributed by atoms with Gasteiger partial charge in [0.25, 0.3) is 0 Å². The Bertz CT molecular complexity index is 432. The predicted octanol–water partition coefficient (Wildman–Crippen LogP) is 1.48. The molecule has 5 nitrogen and oxygen atoms in total. The molecule has 0 aliphatic heterocycles. The number of para-hydroxylation sites is 1. The fraction of sp³-hybridized carbons (Fsp3) is 0.429. The fourth-order valence-electron chi connectivity index (χ4n) is 1.85. The lowest BCUT2D eigenvalue weighted by Crippen LogP contribution is -2.46. The SMILES string of the molecule is CC(C)C[C@@H](N)C(=O)N(CC(=O)O)c1ccccc1. The van der Waals surface area contributed by atoms with E-state index in [1.807, 2.05) is 13.8 Å². The first-order chi connectivity index (χ1) is 8.91. The van der Waals surface area contributed by atoms with E-state index >= 15 is 0 Å². The molecule has 104 valence electrons. The quantitative estimate of drug-likeness (QED) is 0.815. The van der Waals surface area contributed by atoms with Gasteiger partial charge in [-0.1, -0.05) is 32.0 Å². The van der Waals surface area contributed by atoms with Crippen LogP contribution < -0.4 is 10.6 Å². The number of carbonyl (C=O) groups excluding carboxylic acids is 1. The van der Waals surface area contributed by atoms with E-state index in [4.69, 9.17) is 10.8 Å². The van der Waals surface area contributed by atoms with Crippen molar-refractivity contribution in [1.29, 1.82) is 0 Å². The van der Waals surface area contributed by atoms with E-state index in [-0.39, 0.29) is 18.4 Å². The topological polar surface area (TPSA) is 83.6 Å². The number of hydrogen-bond acceptors (Lipinski definition) is 3. The lowest BCUT2D eigenvalue weighted by atomic mass is 10.0. The van der Waals surface area contributed by atoms with Gasteiger partial charge in [-0.25, -0.2) is 0 Å². The predicted molar refractivity (Wildman–Crippen MR) is 73.9 cm³/mol. The van der Waals surface area contributed by atoms with Crippen molar-refractivity contribution in [3.63, 3.8) is 0 Å². The monoisotopic (exact) mass is 264 g/mol. The summed E-state index contributed by atoms with van der Waals surface area (Å²) in [4.78, 5) is 24.4. The molecule has 0 aliphatic rings. The Balaban J connectivity index is 2.91. The molecule has 0 bridgehead atoms. The zero-order valence-electron chi connectivity index (χ0n) is 11.2. The number of carboxylic acid groups (broad SMARTS) is 1. The van der Waals surface area contributed by atoms with Crippen molar-refractivity contribution in [2.45, 2.75) is 26.3 Å². The summed E-state index contributed by atoms with van der Waals surface area (Å²) >= 11 is 0. The molecule has 0 saturated carbocycles. The van der Waals surface area contributed by atoms with Crippen molar-refractivity contribution in [3.8, 4) is 0 Å². The highest BCUT2D eigenvalue weighted by Gasteiger charge is 2.24. The van der Waals surface area contributed by atoms with Gasteiger partial charge in [-0.05, 0) is 24.5 Å². The molecule has 1 atom stereocenters. The summed E-state index contributed by atoms with van der Waals surface area (Å²) in [5.74, 6) is -1.14. The maximum absolute atomic E-state index is 12.3. The molecule has 0 saturated heterocycles. The normalized spacial score (nSPS) is 12.2. The second kappa shape index (κ2) is 6.89. The van der Waals surface area contributed by atoms with Gasteiger partial charge in [0, 0.05) is 5.69 Å². The van der Waals surface area contributed by atoms with Crippen molar-refractivity contribution in [2.24, 2.45) is 11.7 Å². The maximum Gasteiger partial charge on any atom is 0.323 e. The molecule has 1 aromatic rings.